The van der Waals surface area contributed by atoms with Crippen LogP contribution in [0.4, 0.5) is 0 Å². The molecule has 0 aromatic carbocycles. The molecule has 1 N–H and O–H groups in total. The maximum absolute atomic E-state index is 8.92. The molecule has 2 heteroatoms. The summed E-state index contributed by atoms with van der Waals surface area (Å²) < 4.78 is 0. The number of nitrogens with zero attached hydrogens (tertiary/aromatic N) is 1. The van der Waals surface area contributed by atoms with Crippen LogP contribution in [0.2, 0.25) is 0 Å². The Kier molecular flexibility index (Phi) is 4.02. The Bertz CT molecular complexity index is 344. The fraction of sp³-hybridized carbons (Fsp3) is 0.667. The highest BCUT2D eigenvalue weighted by molar-refractivity contribution is 5.24. The molecule has 0 spiro atoms. The average Bonchev–Trinajstić information content (AvgIpc) is 2.34. The van der Waals surface area contributed by atoms with Gasteiger partial charge in [-0.05, 0) is 19.8 Å². The summed E-state index contributed by atoms with van der Waals surface area (Å²) >= 11 is 0. The lowest BCUT2D eigenvalue weighted by molar-refractivity contribution is 0.257. The van der Waals surface area contributed by atoms with E-state index in [9.17, 15) is 0 Å². The quantitative estimate of drug-likeness (QED) is 0.807. The van der Waals surface area contributed by atoms with E-state index < -0.39 is 0 Å². The fourth-order valence-electron chi connectivity index (χ4n) is 3.00. The van der Waals surface area contributed by atoms with Gasteiger partial charge in [0.1, 0.15) is 0 Å². The third-order valence-electron chi connectivity index (χ3n) is 4.10. The summed E-state index contributed by atoms with van der Waals surface area (Å²) in [5.74, 6) is 0.305. The average molecular weight is 230 g/mol. The lowest BCUT2D eigenvalue weighted by Gasteiger charge is -2.39. The molecule has 92 valence electrons. The van der Waals surface area contributed by atoms with E-state index >= 15 is 0 Å². The van der Waals surface area contributed by atoms with E-state index in [1.807, 2.05) is 0 Å². The van der Waals surface area contributed by atoms with E-state index in [1.165, 1.54) is 32.1 Å². The number of hydrogen-bond donors (Lipinski definition) is 1. The monoisotopic (exact) mass is 230 g/mol. The van der Waals surface area contributed by atoms with Gasteiger partial charge in [0, 0.05) is 23.9 Å². The van der Waals surface area contributed by atoms with Gasteiger partial charge in [-0.1, -0.05) is 43.6 Å². The lowest BCUT2D eigenvalue weighted by atomic mass is 9.79. The van der Waals surface area contributed by atoms with E-state index in [0.29, 0.717) is 18.4 Å². The Hall–Kier alpha value is -1.07. The fourth-order valence-corrected chi connectivity index (χ4v) is 3.00. The summed E-state index contributed by atoms with van der Waals surface area (Å²) in [4.78, 5) is 0. The highest BCUT2D eigenvalue weighted by atomic mass is 15.0. The zero-order valence-corrected chi connectivity index (χ0v) is 10.7. The summed E-state index contributed by atoms with van der Waals surface area (Å²) in [6.07, 6.45) is 15.8. The normalized spacial score (nSPS) is 33.5. The summed E-state index contributed by atoms with van der Waals surface area (Å²) in [5, 5.41) is 12.7. The molecule has 1 fully saturated rings. The van der Waals surface area contributed by atoms with Crippen LogP contribution in [-0.4, -0.2) is 11.6 Å². The minimum Gasteiger partial charge on any atom is -0.305 e. The molecular weight excluding hydrogens is 208 g/mol. The van der Waals surface area contributed by atoms with Gasteiger partial charge in [-0.25, -0.2) is 0 Å². The van der Waals surface area contributed by atoms with Gasteiger partial charge in [-0.3, -0.25) is 0 Å². The van der Waals surface area contributed by atoms with Crippen LogP contribution < -0.4 is 5.32 Å². The lowest BCUT2D eigenvalue weighted by Crippen LogP contribution is -2.52. The van der Waals surface area contributed by atoms with Crippen molar-refractivity contribution in [3.63, 3.8) is 0 Å². The predicted molar refractivity (Wildman–Crippen MR) is 70.4 cm³/mol. The largest absolute Gasteiger partial charge is 0.305 e. The van der Waals surface area contributed by atoms with Crippen molar-refractivity contribution in [2.45, 2.75) is 57.0 Å². The number of nitrogens with one attached hydrogen (secondary N) is 1. The maximum atomic E-state index is 8.92. The first-order valence-electron chi connectivity index (χ1n) is 6.75. The molecule has 2 unspecified atom stereocenters. The molecule has 0 heterocycles. The number of rotatable bonds is 3. The molecule has 0 aliphatic heterocycles. The molecule has 1 saturated carbocycles. The van der Waals surface area contributed by atoms with E-state index in [-0.39, 0.29) is 5.54 Å². The second-order valence-electron chi connectivity index (χ2n) is 5.47. The molecule has 2 aliphatic carbocycles. The van der Waals surface area contributed by atoms with E-state index in [4.69, 9.17) is 5.26 Å². The van der Waals surface area contributed by atoms with Gasteiger partial charge in [0.25, 0.3) is 0 Å². The van der Waals surface area contributed by atoms with Crippen LogP contribution in [0.1, 0.15) is 45.4 Å². The number of nitriles is 1. The second-order valence-corrected chi connectivity index (χ2v) is 5.47. The first-order chi connectivity index (χ1) is 8.24. The van der Waals surface area contributed by atoms with Crippen LogP contribution in [0.25, 0.3) is 0 Å². The Labute approximate surface area is 104 Å². The molecule has 0 radical (unpaired) electrons. The highest BCUT2D eigenvalue weighted by Crippen LogP contribution is 2.29. The summed E-state index contributed by atoms with van der Waals surface area (Å²) in [6, 6.07) is 2.94. The smallest absolute Gasteiger partial charge is 0.0628 e. The van der Waals surface area contributed by atoms with Crippen molar-refractivity contribution in [3.05, 3.63) is 24.3 Å². The number of allylic oxidation sites excluding steroid dienone is 2. The van der Waals surface area contributed by atoms with Crippen LogP contribution in [0, 0.1) is 17.2 Å². The van der Waals surface area contributed by atoms with Crippen molar-refractivity contribution >= 4 is 0 Å². The zero-order valence-electron chi connectivity index (χ0n) is 10.7. The predicted octanol–water partition coefficient (Wildman–Crippen LogP) is 3.32. The molecule has 2 rings (SSSR count). The van der Waals surface area contributed by atoms with Crippen molar-refractivity contribution in [3.8, 4) is 6.07 Å². The maximum Gasteiger partial charge on any atom is 0.0628 e. The standard InChI is InChI=1S/C15H22N2/c1-15(17-14-8-3-2-4-9-14)11-6-5-7-13(15)10-12-16/h5-7,11,13-14,17H,2-4,8-10H2,1H3. The van der Waals surface area contributed by atoms with Crippen molar-refractivity contribution in [2.75, 3.05) is 0 Å². The van der Waals surface area contributed by atoms with Gasteiger partial charge in [0.15, 0.2) is 0 Å². The molecule has 0 amide bonds. The first-order valence-corrected chi connectivity index (χ1v) is 6.75. The van der Waals surface area contributed by atoms with Crippen LogP contribution in [0.5, 0.6) is 0 Å². The molecular formula is C15H22N2. The SMILES string of the molecule is CC1(NC2CCCCC2)C=CC=CC1CC#N. The van der Waals surface area contributed by atoms with Crippen LogP contribution >= 0.6 is 0 Å². The third-order valence-corrected chi connectivity index (χ3v) is 4.10. The number of hydrogen-bond acceptors (Lipinski definition) is 2. The second kappa shape index (κ2) is 5.51. The Morgan fingerprint density at radius 2 is 2.06 bits per heavy atom. The van der Waals surface area contributed by atoms with Crippen molar-refractivity contribution < 1.29 is 0 Å². The van der Waals surface area contributed by atoms with E-state index in [0.717, 1.165) is 0 Å². The third kappa shape index (κ3) is 2.98. The van der Waals surface area contributed by atoms with E-state index in [2.05, 4.69) is 42.6 Å². The first kappa shape index (κ1) is 12.4. The van der Waals surface area contributed by atoms with Gasteiger partial charge in [-0.2, -0.15) is 5.26 Å². The van der Waals surface area contributed by atoms with Crippen LogP contribution in [-0.2, 0) is 0 Å². The van der Waals surface area contributed by atoms with Crippen molar-refractivity contribution in [1.82, 2.24) is 5.32 Å². The topological polar surface area (TPSA) is 35.8 Å². The Morgan fingerprint density at radius 1 is 1.29 bits per heavy atom. The van der Waals surface area contributed by atoms with E-state index in [1.54, 1.807) is 0 Å². The van der Waals surface area contributed by atoms with Crippen LogP contribution in [0.3, 0.4) is 0 Å². The Morgan fingerprint density at radius 3 is 2.76 bits per heavy atom. The van der Waals surface area contributed by atoms with Gasteiger partial charge in [0.05, 0.1) is 6.07 Å². The minimum absolute atomic E-state index is 0.0352. The van der Waals surface area contributed by atoms with Gasteiger partial charge < -0.3 is 5.32 Å². The van der Waals surface area contributed by atoms with Crippen molar-refractivity contribution in [1.29, 1.82) is 5.26 Å². The molecule has 0 bridgehead atoms. The highest BCUT2D eigenvalue weighted by Gasteiger charge is 2.33. The molecule has 0 saturated heterocycles. The van der Waals surface area contributed by atoms with Gasteiger partial charge >= 0.3 is 0 Å². The Balaban J connectivity index is 2.02. The molecule has 0 aromatic rings. The zero-order chi connectivity index (χ0) is 12.1. The minimum atomic E-state index is -0.0352. The van der Waals surface area contributed by atoms with Crippen LogP contribution in [0.15, 0.2) is 24.3 Å². The molecule has 2 nitrogen and oxygen atoms in total. The molecule has 2 atom stereocenters. The molecule has 0 aromatic heterocycles. The molecule has 17 heavy (non-hydrogen) atoms. The van der Waals surface area contributed by atoms with Gasteiger partial charge in [-0.15, -0.1) is 0 Å². The summed E-state index contributed by atoms with van der Waals surface area (Å²) in [7, 11) is 0. The molecule has 2 aliphatic rings. The van der Waals surface area contributed by atoms with Crippen molar-refractivity contribution in [2.24, 2.45) is 5.92 Å². The summed E-state index contributed by atoms with van der Waals surface area (Å²) in [6.45, 7) is 2.23. The summed E-state index contributed by atoms with van der Waals surface area (Å²) in [5.41, 5.74) is -0.0352. The van der Waals surface area contributed by atoms with Gasteiger partial charge in [0.2, 0.25) is 0 Å².